The van der Waals surface area contributed by atoms with Gasteiger partial charge in [-0.3, -0.25) is 25.2 Å². The van der Waals surface area contributed by atoms with Gasteiger partial charge in [0.2, 0.25) is 11.8 Å². The second kappa shape index (κ2) is 9.15. The van der Waals surface area contributed by atoms with Crippen molar-refractivity contribution in [3.63, 3.8) is 0 Å². The summed E-state index contributed by atoms with van der Waals surface area (Å²) >= 11 is 11.7. The minimum Gasteiger partial charge on any atom is -0.494 e. The van der Waals surface area contributed by atoms with Gasteiger partial charge in [0.15, 0.2) is 0 Å². The fourth-order valence-corrected chi connectivity index (χ4v) is 3.25. The Morgan fingerprint density at radius 1 is 1.10 bits per heavy atom. The van der Waals surface area contributed by atoms with Crippen molar-refractivity contribution in [3.05, 3.63) is 58.1 Å². The summed E-state index contributed by atoms with van der Waals surface area (Å²) in [6, 6.07) is 11.5. The molecular weight excluding hydrogens is 417 g/mol. The highest BCUT2D eigenvalue weighted by atomic mass is 35.5. The van der Waals surface area contributed by atoms with Crippen LogP contribution in [0.2, 0.25) is 10.0 Å². The molecule has 1 saturated heterocycles. The Morgan fingerprint density at radius 3 is 2.48 bits per heavy atom. The first-order valence-corrected chi connectivity index (χ1v) is 9.73. The van der Waals surface area contributed by atoms with Gasteiger partial charge >= 0.3 is 0 Å². The van der Waals surface area contributed by atoms with Gasteiger partial charge in [-0.2, -0.15) is 0 Å². The SMILES string of the molecule is CCOc1ccc(N2C[C@H](C(=O)NNC(=O)c3ccc(Cl)c(Cl)c3)CC2=O)cc1. The average Bonchev–Trinajstić information content (AvgIpc) is 3.10. The van der Waals surface area contributed by atoms with Crippen LogP contribution in [0.1, 0.15) is 23.7 Å². The van der Waals surface area contributed by atoms with Gasteiger partial charge in [0.1, 0.15) is 5.75 Å². The second-order valence-corrected chi connectivity index (χ2v) is 7.22. The van der Waals surface area contributed by atoms with E-state index in [9.17, 15) is 14.4 Å². The van der Waals surface area contributed by atoms with E-state index in [1.165, 1.54) is 18.2 Å². The summed E-state index contributed by atoms with van der Waals surface area (Å²) in [6.45, 7) is 2.67. The van der Waals surface area contributed by atoms with Gasteiger partial charge in [0.25, 0.3) is 5.91 Å². The number of halogens is 2. The molecule has 0 saturated carbocycles. The van der Waals surface area contributed by atoms with Crippen LogP contribution in [0.4, 0.5) is 5.69 Å². The lowest BCUT2D eigenvalue weighted by Gasteiger charge is -2.17. The van der Waals surface area contributed by atoms with E-state index in [2.05, 4.69) is 10.9 Å². The molecule has 1 fully saturated rings. The van der Waals surface area contributed by atoms with Crippen molar-refractivity contribution < 1.29 is 19.1 Å². The molecule has 0 radical (unpaired) electrons. The van der Waals surface area contributed by atoms with Gasteiger partial charge in [0.05, 0.1) is 22.6 Å². The van der Waals surface area contributed by atoms with Crippen molar-refractivity contribution in [2.75, 3.05) is 18.1 Å². The van der Waals surface area contributed by atoms with E-state index in [4.69, 9.17) is 27.9 Å². The number of rotatable bonds is 5. The van der Waals surface area contributed by atoms with E-state index in [-0.39, 0.29) is 29.5 Å². The summed E-state index contributed by atoms with van der Waals surface area (Å²) in [5.41, 5.74) is 5.63. The summed E-state index contributed by atoms with van der Waals surface area (Å²) in [7, 11) is 0. The molecule has 2 aromatic carbocycles. The van der Waals surface area contributed by atoms with E-state index >= 15 is 0 Å². The molecule has 1 atom stereocenters. The highest BCUT2D eigenvalue weighted by Crippen LogP contribution is 2.27. The predicted octanol–water partition coefficient (Wildman–Crippen LogP) is 3.21. The van der Waals surface area contributed by atoms with Gasteiger partial charge in [-0.15, -0.1) is 0 Å². The van der Waals surface area contributed by atoms with Crippen molar-refractivity contribution in [3.8, 4) is 5.75 Å². The lowest BCUT2D eigenvalue weighted by atomic mass is 10.1. The highest BCUT2D eigenvalue weighted by Gasteiger charge is 2.35. The third-order valence-electron chi connectivity index (χ3n) is 4.44. The number of hydrazine groups is 1. The molecule has 0 aromatic heterocycles. The number of carbonyl (C=O) groups excluding carboxylic acids is 3. The summed E-state index contributed by atoms with van der Waals surface area (Å²) in [4.78, 5) is 38.4. The maximum atomic E-state index is 12.4. The van der Waals surface area contributed by atoms with Crippen molar-refractivity contribution >= 4 is 46.6 Å². The molecule has 1 aliphatic heterocycles. The molecule has 9 heteroatoms. The first-order valence-electron chi connectivity index (χ1n) is 8.97. The van der Waals surface area contributed by atoms with Crippen LogP contribution < -0.4 is 20.5 Å². The monoisotopic (exact) mass is 435 g/mol. The number of benzene rings is 2. The summed E-state index contributed by atoms with van der Waals surface area (Å²) in [5, 5.41) is 0.559. The zero-order valence-electron chi connectivity index (χ0n) is 15.6. The minimum absolute atomic E-state index is 0.0572. The van der Waals surface area contributed by atoms with Crippen LogP contribution in [0.15, 0.2) is 42.5 Å². The van der Waals surface area contributed by atoms with Crippen molar-refractivity contribution in [2.45, 2.75) is 13.3 Å². The first kappa shape index (κ1) is 21.0. The normalized spacial score (nSPS) is 15.9. The largest absolute Gasteiger partial charge is 0.494 e. The first-order chi connectivity index (χ1) is 13.9. The molecular formula is C20H19Cl2N3O4. The van der Waals surface area contributed by atoms with Crippen LogP contribution in [-0.2, 0) is 9.59 Å². The number of amides is 3. The van der Waals surface area contributed by atoms with E-state index < -0.39 is 17.7 Å². The van der Waals surface area contributed by atoms with Crippen LogP contribution in [0.25, 0.3) is 0 Å². The zero-order chi connectivity index (χ0) is 21.0. The van der Waals surface area contributed by atoms with Gasteiger partial charge in [-0.1, -0.05) is 23.2 Å². The Hall–Kier alpha value is -2.77. The minimum atomic E-state index is -0.580. The average molecular weight is 436 g/mol. The number of hydrogen-bond acceptors (Lipinski definition) is 4. The smallest absolute Gasteiger partial charge is 0.269 e. The number of anilines is 1. The number of carbonyl (C=O) groups is 3. The lowest BCUT2D eigenvalue weighted by molar-refractivity contribution is -0.126. The molecule has 0 bridgehead atoms. The summed E-state index contributed by atoms with van der Waals surface area (Å²) < 4.78 is 5.39. The molecule has 152 valence electrons. The topological polar surface area (TPSA) is 87.7 Å². The van der Waals surface area contributed by atoms with Crippen molar-refractivity contribution in [1.29, 1.82) is 0 Å². The van der Waals surface area contributed by atoms with Gasteiger partial charge in [-0.25, -0.2) is 0 Å². The third kappa shape index (κ3) is 4.99. The van der Waals surface area contributed by atoms with Crippen LogP contribution in [0.3, 0.4) is 0 Å². The maximum absolute atomic E-state index is 12.4. The highest BCUT2D eigenvalue weighted by molar-refractivity contribution is 6.42. The fourth-order valence-electron chi connectivity index (χ4n) is 2.95. The predicted molar refractivity (Wildman–Crippen MR) is 110 cm³/mol. The Labute approximate surface area is 177 Å². The maximum Gasteiger partial charge on any atom is 0.269 e. The molecule has 7 nitrogen and oxygen atoms in total. The van der Waals surface area contributed by atoms with Crippen LogP contribution in [0, 0.1) is 5.92 Å². The Balaban J connectivity index is 1.57. The Bertz CT molecular complexity index is 934. The number of nitrogens with zero attached hydrogens (tertiary/aromatic N) is 1. The molecule has 29 heavy (non-hydrogen) atoms. The zero-order valence-corrected chi connectivity index (χ0v) is 17.1. The van der Waals surface area contributed by atoms with E-state index in [1.54, 1.807) is 29.2 Å². The third-order valence-corrected chi connectivity index (χ3v) is 5.18. The molecule has 0 spiro atoms. The Morgan fingerprint density at radius 2 is 1.83 bits per heavy atom. The number of nitrogens with one attached hydrogen (secondary N) is 2. The lowest BCUT2D eigenvalue weighted by Crippen LogP contribution is -2.45. The van der Waals surface area contributed by atoms with Gasteiger partial charge in [-0.05, 0) is 49.4 Å². The van der Waals surface area contributed by atoms with Gasteiger partial charge < -0.3 is 9.64 Å². The number of hydrogen-bond donors (Lipinski definition) is 2. The molecule has 3 amide bonds. The number of ether oxygens (including phenoxy) is 1. The van der Waals surface area contributed by atoms with E-state index in [0.717, 1.165) is 0 Å². The van der Waals surface area contributed by atoms with Crippen LogP contribution >= 0.6 is 23.2 Å². The molecule has 2 aromatic rings. The van der Waals surface area contributed by atoms with Crippen molar-refractivity contribution in [1.82, 2.24) is 10.9 Å². The van der Waals surface area contributed by atoms with E-state index in [1.807, 2.05) is 6.92 Å². The Kier molecular flexibility index (Phi) is 6.61. The van der Waals surface area contributed by atoms with Crippen molar-refractivity contribution in [2.24, 2.45) is 5.92 Å². The standard InChI is InChI=1S/C20H19Cl2N3O4/c1-2-29-15-6-4-14(5-7-15)25-11-13(10-18(25)26)20(28)24-23-19(27)12-3-8-16(21)17(22)9-12/h3-9,13H,2,10-11H2,1H3,(H,23,27)(H,24,28)/t13-/m1/s1. The molecule has 0 aliphatic carbocycles. The molecule has 2 N–H and O–H groups in total. The summed E-state index contributed by atoms with van der Waals surface area (Å²) in [6.07, 6.45) is 0.0572. The second-order valence-electron chi connectivity index (χ2n) is 6.40. The molecule has 3 rings (SSSR count). The van der Waals surface area contributed by atoms with E-state index in [0.29, 0.717) is 23.1 Å². The quantitative estimate of drug-likeness (QED) is 0.705. The molecule has 0 unspecified atom stereocenters. The van der Waals surface area contributed by atoms with Crippen LogP contribution in [0.5, 0.6) is 5.75 Å². The molecule has 1 heterocycles. The van der Waals surface area contributed by atoms with Crippen LogP contribution in [-0.4, -0.2) is 30.9 Å². The summed E-state index contributed by atoms with van der Waals surface area (Å²) in [5.74, 6) is -1.01. The molecule has 1 aliphatic rings. The van der Waals surface area contributed by atoms with Gasteiger partial charge in [0, 0.05) is 24.2 Å². The fraction of sp³-hybridized carbons (Fsp3) is 0.250.